The van der Waals surface area contributed by atoms with Gasteiger partial charge in [-0.2, -0.15) is 4.98 Å². The molecule has 24 heavy (non-hydrogen) atoms. The summed E-state index contributed by atoms with van der Waals surface area (Å²) in [6.07, 6.45) is 4.82. The molecule has 0 atom stereocenters. The van der Waals surface area contributed by atoms with Gasteiger partial charge in [-0.15, -0.1) is 0 Å². The Morgan fingerprint density at radius 2 is 2.04 bits per heavy atom. The van der Waals surface area contributed by atoms with Crippen LogP contribution in [0.1, 0.15) is 49.3 Å². The first kappa shape index (κ1) is 16.4. The fraction of sp³-hybridized carbons (Fsp3) is 0.471. The third-order valence-corrected chi connectivity index (χ3v) is 4.45. The second-order valence-electron chi connectivity index (χ2n) is 6.28. The third kappa shape index (κ3) is 3.55. The van der Waals surface area contributed by atoms with Crippen LogP contribution in [0.25, 0.3) is 0 Å². The molecule has 0 unspecified atom stereocenters. The molecule has 0 radical (unpaired) electrons. The van der Waals surface area contributed by atoms with Crippen LogP contribution in [0.5, 0.6) is 0 Å². The molecule has 0 aliphatic heterocycles. The van der Waals surface area contributed by atoms with E-state index in [1.807, 2.05) is 6.92 Å². The summed E-state index contributed by atoms with van der Waals surface area (Å²) in [5, 5.41) is 2.82. The fourth-order valence-corrected chi connectivity index (χ4v) is 3.19. The Labute approximate surface area is 138 Å². The highest BCUT2D eigenvalue weighted by atomic mass is 19.1. The molecular weight excluding hydrogens is 311 g/mol. The molecule has 0 spiro atoms. The second kappa shape index (κ2) is 6.98. The zero-order chi connectivity index (χ0) is 17.1. The lowest BCUT2D eigenvalue weighted by molar-refractivity contribution is 0.332. The molecule has 6 nitrogen and oxygen atoms in total. The van der Waals surface area contributed by atoms with Crippen LogP contribution in [0.4, 0.5) is 10.3 Å². The number of anilines is 1. The van der Waals surface area contributed by atoms with Gasteiger partial charge < -0.3 is 5.32 Å². The van der Waals surface area contributed by atoms with Gasteiger partial charge in [0, 0.05) is 18.2 Å². The molecule has 2 N–H and O–H groups in total. The number of aromatic amines is 1. The second-order valence-corrected chi connectivity index (χ2v) is 6.28. The summed E-state index contributed by atoms with van der Waals surface area (Å²) in [6, 6.07) is 4.71. The molecule has 1 aromatic heterocycles. The number of H-pyrrole nitrogens is 1. The first-order chi connectivity index (χ1) is 11.5. The van der Waals surface area contributed by atoms with Gasteiger partial charge >= 0.3 is 11.4 Å². The summed E-state index contributed by atoms with van der Waals surface area (Å²) in [5.74, 6) is -0.274. The maximum Gasteiger partial charge on any atom is 0.355 e. The summed E-state index contributed by atoms with van der Waals surface area (Å²) < 4.78 is 14.9. The number of hydrogen-bond donors (Lipinski definition) is 2. The Balaban J connectivity index is 1.79. The van der Waals surface area contributed by atoms with Crippen molar-refractivity contribution in [2.24, 2.45) is 0 Å². The minimum atomic E-state index is -0.558. The van der Waals surface area contributed by atoms with Gasteiger partial charge in [0.2, 0.25) is 5.95 Å². The maximum absolute atomic E-state index is 13.7. The zero-order valence-corrected chi connectivity index (χ0v) is 13.6. The summed E-state index contributed by atoms with van der Waals surface area (Å²) in [6.45, 7) is 2.01. The molecule has 7 heteroatoms. The lowest BCUT2D eigenvalue weighted by atomic mass is 9.95. The van der Waals surface area contributed by atoms with Crippen molar-refractivity contribution in [2.75, 3.05) is 5.32 Å². The van der Waals surface area contributed by atoms with Gasteiger partial charge in [0.25, 0.3) is 0 Å². The number of aryl methyl sites for hydroxylation is 1. The van der Waals surface area contributed by atoms with Crippen molar-refractivity contribution in [1.82, 2.24) is 14.5 Å². The average Bonchev–Trinajstić information content (AvgIpc) is 2.56. The van der Waals surface area contributed by atoms with Crippen LogP contribution < -0.4 is 16.7 Å². The van der Waals surface area contributed by atoms with Crippen LogP contribution in [0, 0.1) is 12.7 Å². The highest BCUT2D eigenvalue weighted by Crippen LogP contribution is 2.25. The molecule has 0 bridgehead atoms. The number of nitrogens with zero attached hydrogens (tertiary/aromatic N) is 2. The van der Waals surface area contributed by atoms with E-state index < -0.39 is 11.4 Å². The molecule has 1 aliphatic carbocycles. The molecule has 3 rings (SSSR count). The quantitative estimate of drug-likeness (QED) is 0.901. The van der Waals surface area contributed by atoms with Crippen LogP contribution in [0.3, 0.4) is 0 Å². The Morgan fingerprint density at radius 3 is 2.75 bits per heavy atom. The number of hydrogen-bond acceptors (Lipinski definition) is 4. The highest BCUT2D eigenvalue weighted by molar-refractivity contribution is 5.29. The Hall–Kier alpha value is -2.44. The summed E-state index contributed by atoms with van der Waals surface area (Å²) in [7, 11) is 0. The van der Waals surface area contributed by atoms with Gasteiger partial charge in [0.15, 0.2) is 0 Å². The van der Waals surface area contributed by atoms with Gasteiger partial charge in [-0.3, -0.25) is 4.98 Å². The molecule has 2 aromatic rings. The highest BCUT2D eigenvalue weighted by Gasteiger charge is 2.19. The first-order valence-electron chi connectivity index (χ1n) is 8.26. The van der Waals surface area contributed by atoms with Crippen LogP contribution in [-0.4, -0.2) is 14.5 Å². The van der Waals surface area contributed by atoms with E-state index in [2.05, 4.69) is 15.3 Å². The van der Waals surface area contributed by atoms with Gasteiger partial charge in [0.05, 0.1) is 0 Å². The van der Waals surface area contributed by atoms with E-state index >= 15 is 0 Å². The SMILES string of the molecule is Cc1ccc(F)c(CNc2nc(=O)n(C3CCCCC3)c(=O)[nH]2)c1. The van der Waals surface area contributed by atoms with E-state index in [1.165, 1.54) is 10.6 Å². The lowest BCUT2D eigenvalue weighted by Crippen LogP contribution is -2.41. The molecule has 1 fully saturated rings. The number of nitrogens with one attached hydrogen (secondary N) is 2. The van der Waals surface area contributed by atoms with E-state index in [-0.39, 0.29) is 24.4 Å². The normalized spacial score (nSPS) is 15.4. The minimum absolute atomic E-state index is 0.0676. The van der Waals surface area contributed by atoms with Gasteiger partial charge in [0.1, 0.15) is 5.82 Å². The van der Waals surface area contributed by atoms with Gasteiger partial charge in [-0.05, 0) is 25.8 Å². The lowest BCUT2D eigenvalue weighted by Gasteiger charge is -2.22. The zero-order valence-electron chi connectivity index (χ0n) is 13.6. The van der Waals surface area contributed by atoms with Crippen LogP contribution >= 0.6 is 0 Å². The van der Waals surface area contributed by atoms with Crippen molar-refractivity contribution in [1.29, 1.82) is 0 Å². The number of halogens is 1. The smallest absolute Gasteiger partial charge is 0.351 e. The summed E-state index contributed by atoms with van der Waals surface area (Å²) >= 11 is 0. The summed E-state index contributed by atoms with van der Waals surface area (Å²) in [4.78, 5) is 30.9. The number of rotatable bonds is 4. The average molecular weight is 332 g/mol. The largest absolute Gasteiger partial charge is 0.355 e. The first-order valence-corrected chi connectivity index (χ1v) is 8.26. The molecule has 0 amide bonds. The standard InChI is InChI=1S/C17H21FN4O2/c1-11-7-8-14(18)12(9-11)10-19-15-20-16(23)22(17(24)21-15)13-5-3-2-4-6-13/h7-9,13H,2-6,10H2,1H3,(H2,19,20,21,23,24). The van der Waals surface area contributed by atoms with Crippen LogP contribution in [0.15, 0.2) is 27.8 Å². The minimum Gasteiger partial charge on any atom is -0.351 e. The molecule has 1 saturated carbocycles. The summed E-state index contributed by atoms with van der Waals surface area (Å²) in [5.41, 5.74) is 0.364. The number of aromatic nitrogens is 3. The topological polar surface area (TPSA) is 79.8 Å². The monoisotopic (exact) mass is 332 g/mol. The molecular formula is C17H21FN4O2. The Morgan fingerprint density at radius 1 is 1.29 bits per heavy atom. The van der Waals surface area contributed by atoms with Gasteiger partial charge in [-0.25, -0.2) is 18.5 Å². The van der Waals surface area contributed by atoms with Crippen molar-refractivity contribution in [2.45, 2.75) is 51.6 Å². The van der Waals surface area contributed by atoms with Crippen molar-refractivity contribution >= 4 is 5.95 Å². The van der Waals surface area contributed by atoms with E-state index in [1.54, 1.807) is 12.1 Å². The van der Waals surface area contributed by atoms with Crippen molar-refractivity contribution in [3.63, 3.8) is 0 Å². The van der Waals surface area contributed by atoms with Crippen molar-refractivity contribution in [3.8, 4) is 0 Å². The molecule has 0 saturated heterocycles. The molecule has 1 heterocycles. The van der Waals surface area contributed by atoms with Crippen molar-refractivity contribution in [3.05, 3.63) is 56.1 Å². The molecule has 128 valence electrons. The third-order valence-electron chi connectivity index (χ3n) is 4.45. The van der Waals surface area contributed by atoms with E-state index in [9.17, 15) is 14.0 Å². The molecule has 1 aliphatic rings. The Kier molecular flexibility index (Phi) is 4.78. The predicted octanol–water partition coefficient (Wildman–Crippen LogP) is 2.50. The van der Waals surface area contributed by atoms with E-state index in [4.69, 9.17) is 0 Å². The predicted molar refractivity (Wildman–Crippen MR) is 89.7 cm³/mol. The molecule has 1 aromatic carbocycles. The number of benzene rings is 1. The fourth-order valence-electron chi connectivity index (χ4n) is 3.19. The van der Waals surface area contributed by atoms with Crippen LogP contribution in [-0.2, 0) is 6.54 Å². The van der Waals surface area contributed by atoms with Crippen LogP contribution in [0.2, 0.25) is 0 Å². The maximum atomic E-state index is 13.7. The van der Waals surface area contributed by atoms with Gasteiger partial charge in [-0.1, -0.05) is 37.0 Å². The van der Waals surface area contributed by atoms with E-state index in [0.717, 1.165) is 37.7 Å². The Bertz CT molecular complexity index is 806. The van der Waals surface area contributed by atoms with Crippen molar-refractivity contribution < 1.29 is 4.39 Å². The van der Waals surface area contributed by atoms with E-state index in [0.29, 0.717) is 5.56 Å².